The molecule has 0 aliphatic carbocycles. The molecule has 154 valence electrons. The van der Waals surface area contributed by atoms with E-state index in [-0.39, 0.29) is 18.1 Å². The van der Waals surface area contributed by atoms with Crippen LogP contribution in [0.1, 0.15) is 29.8 Å². The van der Waals surface area contributed by atoms with Gasteiger partial charge >= 0.3 is 0 Å². The first-order valence-corrected chi connectivity index (χ1v) is 10.2. The van der Waals surface area contributed by atoms with Crippen LogP contribution >= 0.6 is 11.6 Å². The number of fused-ring (bicyclic) bond motifs is 1. The summed E-state index contributed by atoms with van der Waals surface area (Å²) in [5.74, 6) is 1.86. The summed E-state index contributed by atoms with van der Waals surface area (Å²) in [6.45, 7) is 4.30. The number of hydrogen-bond acceptors (Lipinski definition) is 5. The fourth-order valence-electron chi connectivity index (χ4n) is 3.38. The first-order chi connectivity index (χ1) is 14.5. The number of nitrogens with one attached hydrogen (secondary N) is 1. The average Bonchev–Trinajstić information content (AvgIpc) is 3.15. The van der Waals surface area contributed by atoms with Gasteiger partial charge in [-0.3, -0.25) is 4.79 Å². The standard InChI is InChI=1S/C23H22ClN3O3/c1-14(2)29-18-6-4-15(5-7-18)23(28)27-13-19-11-16-10-17(24)12-20(21(16)30-19)22-25-8-3-9-26-22/h3-10,12,14,19H,11,13H2,1-2H3,(H,27,28). The summed E-state index contributed by atoms with van der Waals surface area (Å²) in [4.78, 5) is 21.1. The maximum Gasteiger partial charge on any atom is 0.251 e. The van der Waals surface area contributed by atoms with Crippen molar-refractivity contribution in [2.24, 2.45) is 0 Å². The molecule has 3 aromatic rings. The lowest BCUT2D eigenvalue weighted by Crippen LogP contribution is -2.34. The summed E-state index contributed by atoms with van der Waals surface area (Å²) in [6, 6.07) is 12.5. The van der Waals surface area contributed by atoms with E-state index in [1.54, 1.807) is 48.8 Å². The minimum Gasteiger partial charge on any atom is -0.491 e. The SMILES string of the molecule is CC(C)Oc1ccc(C(=O)NCC2Cc3cc(Cl)cc(-c4ncccn4)c3O2)cc1. The third-order valence-corrected chi connectivity index (χ3v) is 4.87. The topological polar surface area (TPSA) is 73.3 Å². The Labute approximate surface area is 180 Å². The fourth-order valence-corrected chi connectivity index (χ4v) is 3.62. The van der Waals surface area contributed by atoms with Crippen LogP contribution in [-0.2, 0) is 6.42 Å². The lowest BCUT2D eigenvalue weighted by Gasteiger charge is -2.14. The highest BCUT2D eigenvalue weighted by Crippen LogP contribution is 2.39. The van der Waals surface area contributed by atoms with Gasteiger partial charge < -0.3 is 14.8 Å². The summed E-state index contributed by atoms with van der Waals surface area (Å²) in [5, 5.41) is 3.55. The van der Waals surface area contributed by atoms with E-state index in [1.165, 1.54) is 0 Å². The zero-order valence-electron chi connectivity index (χ0n) is 16.8. The van der Waals surface area contributed by atoms with Crippen molar-refractivity contribution in [1.82, 2.24) is 15.3 Å². The Morgan fingerprint density at radius 3 is 2.67 bits per heavy atom. The molecule has 30 heavy (non-hydrogen) atoms. The number of aromatic nitrogens is 2. The number of benzene rings is 2. The van der Waals surface area contributed by atoms with Crippen molar-refractivity contribution in [3.05, 3.63) is 71.0 Å². The van der Waals surface area contributed by atoms with E-state index in [1.807, 2.05) is 19.9 Å². The molecule has 1 amide bonds. The highest BCUT2D eigenvalue weighted by atomic mass is 35.5. The molecule has 0 radical (unpaired) electrons. The van der Waals surface area contributed by atoms with Crippen LogP contribution in [0.4, 0.5) is 0 Å². The van der Waals surface area contributed by atoms with Gasteiger partial charge in [0.15, 0.2) is 5.82 Å². The highest BCUT2D eigenvalue weighted by molar-refractivity contribution is 6.31. The number of rotatable bonds is 6. The molecule has 0 bridgehead atoms. The molecule has 0 saturated heterocycles. The van der Waals surface area contributed by atoms with Gasteiger partial charge in [0.25, 0.3) is 5.91 Å². The smallest absolute Gasteiger partial charge is 0.251 e. The van der Waals surface area contributed by atoms with Crippen molar-refractivity contribution < 1.29 is 14.3 Å². The first kappa shape index (κ1) is 20.2. The minimum absolute atomic E-state index is 0.0884. The van der Waals surface area contributed by atoms with Crippen LogP contribution in [0.3, 0.4) is 0 Å². The highest BCUT2D eigenvalue weighted by Gasteiger charge is 2.28. The monoisotopic (exact) mass is 423 g/mol. The molecule has 4 rings (SSSR count). The molecule has 1 unspecified atom stereocenters. The second-order valence-corrected chi connectivity index (χ2v) is 7.80. The normalized spacial score (nSPS) is 14.9. The summed E-state index contributed by atoms with van der Waals surface area (Å²) < 4.78 is 11.7. The lowest BCUT2D eigenvalue weighted by atomic mass is 10.1. The minimum atomic E-state index is -0.187. The van der Waals surface area contributed by atoms with Crippen LogP contribution in [-0.4, -0.2) is 34.6 Å². The Morgan fingerprint density at radius 2 is 1.97 bits per heavy atom. The fraction of sp³-hybridized carbons (Fsp3) is 0.261. The molecule has 2 heterocycles. The number of amides is 1. The molecule has 0 spiro atoms. The predicted octanol–water partition coefficient (Wildman–Crippen LogP) is 4.32. The molecule has 1 aromatic heterocycles. The zero-order valence-corrected chi connectivity index (χ0v) is 17.5. The molecule has 0 saturated carbocycles. The summed E-state index contributed by atoms with van der Waals surface area (Å²) in [6.07, 6.45) is 3.91. The third kappa shape index (κ3) is 4.54. The Bertz CT molecular complexity index is 1040. The molecule has 1 N–H and O–H groups in total. The van der Waals surface area contributed by atoms with Crippen LogP contribution in [0, 0.1) is 0 Å². The first-order valence-electron chi connectivity index (χ1n) is 9.81. The van der Waals surface area contributed by atoms with Crippen molar-refractivity contribution in [1.29, 1.82) is 0 Å². The van der Waals surface area contributed by atoms with E-state index in [0.29, 0.717) is 29.4 Å². The molecule has 1 aliphatic heterocycles. The molecule has 7 heteroatoms. The van der Waals surface area contributed by atoms with Gasteiger partial charge in [-0.1, -0.05) is 11.6 Å². The van der Waals surface area contributed by atoms with Crippen molar-refractivity contribution in [2.45, 2.75) is 32.5 Å². The summed E-state index contributed by atoms with van der Waals surface area (Å²) in [7, 11) is 0. The molecule has 1 aliphatic rings. The van der Waals surface area contributed by atoms with Gasteiger partial charge in [0, 0.05) is 35.0 Å². The third-order valence-electron chi connectivity index (χ3n) is 4.65. The Hall–Kier alpha value is -3.12. The van der Waals surface area contributed by atoms with E-state index < -0.39 is 0 Å². The number of nitrogens with zero attached hydrogens (tertiary/aromatic N) is 2. The number of halogens is 1. The van der Waals surface area contributed by atoms with Gasteiger partial charge in [-0.05, 0) is 56.3 Å². The van der Waals surface area contributed by atoms with Crippen LogP contribution in [0.2, 0.25) is 5.02 Å². The number of hydrogen-bond donors (Lipinski definition) is 1. The predicted molar refractivity (Wildman–Crippen MR) is 115 cm³/mol. The van der Waals surface area contributed by atoms with Crippen LogP contribution in [0.5, 0.6) is 11.5 Å². The molecule has 2 aromatic carbocycles. The number of carbonyl (C=O) groups excluding carboxylic acids is 1. The maximum atomic E-state index is 12.5. The van der Waals surface area contributed by atoms with Crippen LogP contribution in [0.25, 0.3) is 11.4 Å². The quantitative estimate of drug-likeness (QED) is 0.639. The van der Waals surface area contributed by atoms with Crippen LogP contribution in [0.15, 0.2) is 54.9 Å². The average molecular weight is 424 g/mol. The van der Waals surface area contributed by atoms with E-state index in [0.717, 1.165) is 22.6 Å². The molecular formula is C23H22ClN3O3. The van der Waals surface area contributed by atoms with Gasteiger partial charge in [0.1, 0.15) is 17.6 Å². The van der Waals surface area contributed by atoms with Gasteiger partial charge in [-0.15, -0.1) is 0 Å². The van der Waals surface area contributed by atoms with Gasteiger partial charge in [0.05, 0.1) is 18.2 Å². The van der Waals surface area contributed by atoms with E-state index in [4.69, 9.17) is 21.1 Å². The number of carbonyl (C=O) groups is 1. The Balaban J connectivity index is 1.41. The summed E-state index contributed by atoms with van der Waals surface area (Å²) >= 11 is 6.29. The Kier molecular flexibility index (Phi) is 5.86. The second kappa shape index (κ2) is 8.71. The van der Waals surface area contributed by atoms with Crippen molar-refractivity contribution in [3.63, 3.8) is 0 Å². The second-order valence-electron chi connectivity index (χ2n) is 7.36. The van der Waals surface area contributed by atoms with Gasteiger partial charge in [-0.2, -0.15) is 0 Å². The number of ether oxygens (including phenoxy) is 2. The van der Waals surface area contributed by atoms with Gasteiger partial charge in [0.2, 0.25) is 0 Å². The molecular weight excluding hydrogens is 402 g/mol. The van der Waals surface area contributed by atoms with Crippen LogP contribution < -0.4 is 14.8 Å². The zero-order chi connectivity index (χ0) is 21.1. The Morgan fingerprint density at radius 1 is 1.23 bits per heavy atom. The van der Waals surface area contributed by atoms with Gasteiger partial charge in [-0.25, -0.2) is 9.97 Å². The van der Waals surface area contributed by atoms with E-state index in [9.17, 15) is 4.79 Å². The lowest BCUT2D eigenvalue weighted by molar-refractivity contribution is 0.0933. The van der Waals surface area contributed by atoms with E-state index in [2.05, 4.69) is 15.3 Å². The van der Waals surface area contributed by atoms with E-state index >= 15 is 0 Å². The van der Waals surface area contributed by atoms with Crippen molar-refractivity contribution in [2.75, 3.05) is 6.54 Å². The molecule has 1 atom stereocenters. The maximum absolute atomic E-state index is 12.5. The van der Waals surface area contributed by atoms with Crippen molar-refractivity contribution >= 4 is 17.5 Å². The molecule has 6 nitrogen and oxygen atoms in total. The molecule has 0 fully saturated rings. The van der Waals surface area contributed by atoms with Crippen molar-refractivity contribution in [3.8, 4) is 22.9 Å². The summed E-state index contributed by atoms with van der Waals surface area (Å²) in [5.41, 5.74) is 2.31. The largest absolute Gasteiger partial charge is 0.491 e.